The van der Waals surface area contributed by atoms with Gasteiger partial charge in [0.25, 0.3) is 0 Å². The molecule has 15 heavy (non-hydrogen) atoms. The van der Waals surface area contributed by atoms with Gasteiger partial charge in [-0.2, -0.15) is 0 Å². The van der Waals surface area contributed by atoms with E-state index in [1.54, 1.807) is 0 Å². The summed E-state index contributed by atoms with van der Waals surface area (Å²) in [6.45, 7) is 8.17. The van der Waals surface area contributed by atoms with Crippen LogP contribution in [0.5, 0.6) is 0 Å². The molecule has 0 aromatic heterocycles. The van der Waals surface area contributed by atoms with E-state index in [1.807, 2.05) is 0 Å². The molecule has 0 N–H and O–H groups in total. The maximum absolute atomic E-state index is 2.58. The van der Waals surface area contributed by atoms with E-state index in [-0.39, 0.29) is 0 Å². The van der Waals surface area contributed by atoms with E-state index in [0.717, 1.165) is 12.5 Å². The van der Waals surface area contributed by atoms with Gasteiger partial charge in [-0.15, -0.1) is 0 Å². The van der Waals surface area contributed by atoms with Crippen LogP contribution in [-0.4, -0.2) is 18.0 Å². The minimum atomic E-state index is 0.940. The number of hydrogen-bond donors (Lipinski definition) is 0. The molecular weight excluding hydrogens is 182 g/mol. The van der Waals surface area contributed by atoms with Gasteiger partial charge in [0.05, 0.1) is 0 Å². The molecule has 82 valence electrons. The van der Waals surface area contributed by atoms with Crippen molar-refractivity contribution in [1.82, 2.24) is 4.90 Å². The molecule has 1 heteroatoms. The highest BCUT2D eigenvalue weighted by molar-refractivity contribution is 5.21. The second-order valence-electron chi connectivity index (χ2n) is 4.78. The molecule has 0 radical (unpaired) electrons. The Morgan fingerprint density at radius 3 is 2.60 bits per heavy atom. The van der Waals surface area contributed by atoms with E-state index in [2.05, 4.69) is 43.0 Å². The highest BCUT2D eigenvalue weighted by Gasteiger charge is 2.20. The van der Waals surface area contributed by atoms with Gasteiger partial charge < -0.3 is 0 Å². The third-order valence-corrected chi connectivity index (χ3v) is 3.47. The van der Waals surface area contributed by atoms with Crippen molar-refractivity contribution in [2.75, 3.05) is 13.1 Å². The SMILES string of the molecule is CCC1CCN(Cc2ccc(C)cc2)C1. The van der Waals surface area contributed by atoms with Crippen molar-refractivity contribution in [3.8, 4) is 0 Å². The van der Waals surface area contributed by atoms with E-state index in [1.165, 1.54) is 37.1 Å². The van der Waals surface area contributed by atoms with Crippen molar-refractivity contribution in [2.45, 2.75) is 33.2 Å². The Morgan fingerprint density at radius 2 is 2.00 bits per heavy atom. The van der Waals surface area contributed by atoms with Crippen LogP contribution in [0.2, 0.25) is 0 Å². The van der Waals surface area contributed by atoms with Crippen LogP contribution in [0.3, 0.4) is 0 Å². The summed E-state index contributed by atoms with van der Waals surface area (Å²) in [7, 11) is 0. The van der Waals surface area contributed by atoms with Gasteiger partial charge in [0.2, 0.25) is 0 Å². The smallest absolute Gasteiger partial charge is 0.0233 e. The number of hydrogen-bond acceptors (Lipinski definition) is 1. The predicted octanol–water partition coefficient (Wildman–Crippen LogP) is 3.23. The van der Waals surface area contributed by atoms with E-state index >= 15 is 0 Å². The molecule has 0 bridgehead atoms. The summed E-state index contributed by atoms with van der Waals surface area (Å²) in [5.74, 6) is 0.940. The highest BCUT2D eigenvalue weighted by atomic mass is 15.1. The second kappa shape index (κ2) is 4.80. The average Bonchev–Trinajstić information content (AvgIpc) is 2.69. The van der Waals surface area contributed by atoms with Crippen LogP contribution < -0.4 is 0 Å². The number of rotatable bonds is 3. The summed E-state index contributed by atoms with van der Waals surface area (Å²) >= 11 is 0. The lowest BCUT2D eigenvalue weighted by Gasteiger charge is -2.15. The molecule has 1 aliphatic heterocycles. The molecule has 1 heterocycles. The zero-order valence-corrected chi connectivity index (χ0v) is 9.87. The summed E-state index contributed by atoms with van der Waals surface area (Å²) in [5, 5.41) is 0. The fraction of sp³-hybridized carbons (Fsp3) is 0.571. The Bertz CT molecular complexity index is 302. The van der Waals surface area contributed by atoms with Gasteiger partial charge in [0.1, 0.15) is 0 Å². The van der Waals surface area contributed by atoms with Gasteiger partial charge in [0, 0.05) is 13.1 Å². The number of aryl methyl sites for hydroxylation is 1. The summed E-state index contributed by atoms with van der Waals surface area (Å²) in [6.07, 6.45) is 2.73. The topological polar surface area (TPSA) is 3.24 Å². The van der Waals surface area contributed by atoms with Gasteiger partial charge in [-0.1, -0.05) is 43.2 Å². The monoisotopic (exact) mass is 203 g/mol. The molecule has 1 fully saturated rings. The molecule has 2 rings (SSSR count). The molecule has 1 saturated heterocycles. The molecule has 0 aliphatic carbocycles. The maximum Gasteiger partial charge on any atom is 0.0233 e. The average molecular weight is 203 g/mol. The van der Waals surface area contributed by atoms with Crippen molar-refractivity contribution in [1.29, 1.82) is 0 Å². The summed E-state index contributed by atoms with van der Waals surface area (Å²) in [5.41, 5.74) is 2.81. The molecule has 0 saturated carbocycles. The zero-order chi connectivity index (χ0) is 10.7. The first-order valence-corrected chi connectivity index (χ1v) is 6.06. The zero-order valence-electron chi connectivity index (χ0n) is 9.87. The van der Waals surface area contributed by atoms with Crippen LogP contribution in [0, 0.1) is 12.8 Å². The Kier molecular flexibility index (Phi) is 3.42. The van der Waals surface area contributed by atoms with Gasteiger partial charge in [-0.25, -0.2) is 0 Å². The second-order valence-corrected chi connectivity index (χ2v) is 4.78. The van der Waals surface area contributed by atoms with Crippen LogP contribution >= 0.6 is 0 Å². The van der Waals surface area contributed by atoms with Crippen molar-refractivity contribution < 1.29 is 0 Å². The first-order chi connectivity index (χ1) is 7.28. The maximum atomic E-state index is 2.58. The van der Waals surface area contributed by atoms with Gasteiger partial charge >= 0.3 is 0 Å². The van der Waals surface area contributed by atoms with Crippen LogP contribution in [0.1, 0.15) is 30.9 Å². The third-order valence-electron chi connectivity index (χ3n) is 3.47. The summed E-state index contributed by atoms with van der Waals surface area (Å²) in [6, 6.07) is 8.94. The largest absolute Gasteiger partial charge is 0.299 e. The normalized spacial score (nSPS) is 22.1. The number of nitrogens with zero attached hydrogens (tertiary/aromatic N) is 1. The molecule has 0 spiro atoms. The predicted molar refractivity (Wildman–Crippen MR) is 64.9 cm³/mol. The van der Waals surface area contributed by atoms with Gasteiger partial charge in [0.15, 0.2) is 0 Å². The summed E-state index contributed by atoms with van der Waals surface area (Å²) < 4.78 is 0. The van der Waals surface area contributed by atoms with Gasteiger partial charge in [-0.3, -0.25) is 4.90 Å². The Labute approximate surface area is 93.1 Å². The van der Waals surface area contributed by atoms with Crippen molar-refractivity contribution in [2.24, 2.45) is 5.92 Å². The first kappa shape index (κ1) is 10.7. The standard InChI is InChI=1S/C14H21N/c1-3-13-8-9-15(10-13)11-14-6-4-12(2)5-7-14/h4-7,13H,3,8-11H2,1-2H3. The first-order valence-electron chi connectivity index (χ1n) is 6.06. The van der Waals surface area contributed by atoms with Crippen LogP contribution in [0.15, 0.2) is 24.3 Å². The van der Waals surface area contributed by atoms with Crippen molar-refractivity contribution >= 4 is 0 Å². The van der Waals surface area contributed by atoms with E-state index in [0.29, 0.717) is 0 Å². The van der Waals surface area contributed by atoms with Crippen molar-refractivity contribution in [3.05, 3.63) is 35.4 Å². The van der Waals surface area contributed by atoms with Crippen LogP contribution in [0.4, 0.5) is 0 Å². The third kappa shape index (κ3) is 2.82. The lowest BCUT2D eigenvalue weighted by molar-refractivity contribution is 0.315. The lowest BCUT2D eigenvalue weighted by atomic mass is 10.1. The van der Waals surface area contributed by atoms with Crippen LogP contribution in [0.25, 0.3) is 0 Å². The molecule has 1 aliphatic rings. The minimum absolute atomic E-state index is 0.940. The fourth-order valence-corrected chi connectivity index (χ4v) is 2.34. The van der Waals surface area contributed by atoms with E-state index in [4.69, 9.17) is 0 Å². The summed E-state index contributed by atoms with van der Waals surface area (Å²) in [4.78, 5) is 2.58. The molecule has 1 nitrogen and oxygen atoms in total. The fourth-order valence-electron chi connectivity index (χ4n) is 2.34. The highest BCUT2D eigenvalue weighted by Crippen LogP contribution is 2.20. The van der Waals surface area contributed by atoms with Crippen molar-refractivity contribution in [3.63, 3.8) is 0 Å². The van der Waals surface area contributed by atoms with Gasteiger partial charge in [-0.05, 0) is 31.4 Å². The Morgan fingerprint density at radius 1 is 1.27 bits per heavy atom. The molecule has 0 amide bonds. The Hall–Kier alpha value is -0.820. The van der Waals surface area contributed by atoms with Crippen LogP contribution in [-0.2, 0) is 6.54 Å². The molecule has 1 atom stereocenters. The molecule has 1 aromatic carbocycles. The number of likely N-dealkylation sites (tertiary alicyclic amines) is 1. The molecule has 1 unspecified atom stereocenters. The minimum Gasteiger partial charge on any atom is -0.299 e. The quantitative estimate of drug-likeness (QED) is 0.729. The molecule has 1 aromatic rings. The number of benzene rings is 1. The lowest BCUT2D eigenvalue weighted by Crippen LogP contribution is -2.19. The van der Waals surface area contributed by atoms with E-state index < -0.39 is 0 Å². The Balaban J connectivity index is 1.90. The molecular formula is C14H21N. The van der Waals surface area contributed by atoms with E-state index in [9.17, 15) is 0 Å².